The standard InChI is InChI=1S/C9H11ClN6/c1-5(8-12-4-13-16-8)14-9-6(11)2-3-7(10)15-9/h2-5H,11H2,1H3,(H,14,15)(H,12,13,16). The first-order valence-corrected chi connectivity index (χ1v) is 5.08. The molecule has 2 aromatic rings. The summed E-state index contributed by atoms with van der Waals surface area (Å²) in [6.45, 7) is 1.92. The molecule has 0 spiro atoms. The Morgan fingerprint density at radius 1 is 1.50 bits per heavy atom. The van der Waals surface area contributed by atoms with Crippen LogP contribution in [-0.2, 0) is 0 Å². The summed E-state index contributed by atoms with van der Waals surface area (Å²) in [4.78, 5) is 8.12. The highest BCUT2D eigenvalue weighted by atomic mass is 35.5. The Hall–Kier alpha value is -1.82. The van der Waals surface area contributed by atoms with E-state index in [2.05, 4.69) is 25.5 Å². The van der Waals surface area contributed by atoms with Crippen molar-refractivity contribution in [1.82, 2.24) is 20.2 Å². The fourth-order valence-corrected chi connectivity index (χ4v) is 1.41. The maximum atomic E-state index is 5.78. The summed E-state index contributed by atoms with van der Waals surface area (Å²) in [6.07, 6.45) is 1.45. The highest BCUT2D eigenvalue weighted by molar-refractivity contribution is 6.29. The van der Waals surface area contributed by atoms with Crippen molar-refractivity contribution in [2.75, 3.05) is 11.1 Å². The van der Waals surface area contributed by atoms with Gasteiger partial charge < -0.3 is 11.1 Å². The zero-order valence-corrected chi connectivity index (χ0v) is 9.36. The molecule has 84 valence electrons. The third-order valence-corrected chi connectivity index (χ3v) is 2.30. The molecule has 7 heteroatoms. The average Bonchev–Trinajstić information content (AvgIpc) is 2.76. The van der Waals surface area contributed by atoms with Crippen LogP contribution in [0.25, 0.3) is 0 Å². The number of H-pyrrole nitrogens is 1. The average molecular weight is 239 g/mol. The molecule has 0 radical (unpaired) electrons. The number of pyridine rings is 1. The van der Waals surface area contributed by atoms with Crippen molar-refractivity contribution in [3.63, 3.8) is 0 Å². The van der Waals surface area contributed by atoms with Crippen molar-refractivity contribution in [3.8, 4) is 0 Å². The van der Waals surface area contributed by atoms with Crippen LogP contribution < -0.4 is 11.1 Å². The minimum atomic E-state index is -0.0734. The SMILES string of the molecule is CC(Nc1nc(Cl)ccc1N)c1ncn[nH]1. The molecule has 16 heavy (non-hydrogen) atoms. The largest absolute Gasteiger partial charge is 0.396 e. The lowest BCUT2D eigenvalue weighted by molar-refractivity contribution is 0.791. The van der Waals surface area contributed by atoms with Crippen molar-refractivity contribution in [2.24, 2.45) is 0 Å². The van der Waals surface area contributed by atoms with Crippen LogP contribution in [0.3, 0.4) is 0 Å². The van der Waals surface area contributed by atoms with E-state index in [1.54, 1.807) is 12.1 Å². The fourth-order valence-electron chi connectivity index (χ4n) is 1.26. The molecule has 0 fully saturated rings. The number of hydrogen-bond acceptors (Lipinski definition) is 5. The number of aromatic amines is 1. The van der Waals surface area contributed by atoms with E-state index in [9.17, 15) is 0 Å². The molecule has 0 saturated carbocycles. The molecular weight excluding hydrogens is 228 g/mol. The monoisotopic (exact) mass is 238 g/mol. The van der Waals surface area contributed by atoms with Crippen LogP contribution >= 0.6 is 11.6 Å². The van der Waals surface area contributed by atoms with Crippen LogP contribution in [0, 0.1) is 0 Å². The van der Waals surface area contributed by atoms with Crippen LogP contribution in [0.2, 0.25) is 5.15 Å². The molecule has 0 aromatic carbocycles. The van der Waals surface area contributed by atoms with E-state index in [1.165, 1.54) is 6.33 Å². The van der Waals surface area contributed by atoms with E-state index < -0.39 is 0 Å². The number of nitrogen functional groups attached to an aromatic ring is 1. The summed E-state index contributed by atoms with van der Waals surface area (Å²) in [5.41, 5.74) is 6.30. The number of nitrogens with one attached hydrogen (secondary N) is 2. The third kappa shape index (κ3) is 2.22. The Morgan fingerprint density at radius 2 is 2.31 bits per heavy atom. The predicted octanol–water partition coefficient (Wildman–Crippen LogP) is 1.61. The molecule has 1 unspecified atom stereocenters. The normalized spacial score (nSPS) is 12.4. The summed E-state index contributed by atoms with van der Waals surface area (Å²) < 4.78 is 0. The number of nitrogens with two attached hydrogens (primary N) is 1. The molecular formula is C9H11ClN6. The van der Waals surface area contributed by atoms with Crippen LogP contribution in [0.15, 0.2) is 18.5 Å². The number of anilines is 2. The number of nitrogens with zero attached hydrogens (tertiary/aromatic N) is 3. The lowest BCUT2D eigenvalue weighted by Crippen LogP contribution is -2.11. The van der Waals surface area contributed by atoms with Crippen LogP contribution in [0.4, 0.5) is 11.5 Å². The van der Waals surface area contributed by atoms with Gasteiger partial charge in [0, 0.05) is 0 Å². The summed E-state index contributed by atoms with van der Waals surface area (Å²) in [5.74, 6) is 1.25. The lowest BCUT2D eigenvalue weighted by Gasteiger charge is -2.13. The molecule has 4 N–H and O–H groups in total. The van der Waals surface area contributed by atoms with Gasteiger partial charge in [-0.3, -0.25) is 5.10 Å². The molecule has 0 aliphatic heterocycles. The van der Waals surface area contributed by atoms with Gasteiger partial charge in [-0.15, -0.1) is 0 Å². The molecule has 0 aliphatic carbocycles. The van der Waals surface area contributed by atoms with Gasteiger partial charge in [0.15, 0.2) is 5.82 Å². The molecule has 0 bridgehead atoms. The highest BCUT2D eigenvalue weighted by Gasteiger charge is 2.10. The van der Waals surface area contributed by atoms with E-state index in [4.69, 9.17) is 17.3 Å². The van der Waals surface area contributed by atoms with Crippen LogP contribution in [-0.4, -0.2) is 20.2 Å². The maximum absolute atomic E-state index is 5.78. The van der Waals surface area contributed by atoms with Crippen LogP contribution in [0.1, 0.15) is 18.8 Å². The number of hydrogen-bond donors (Lipinski definition) is 3. The van der Waals surface area contributed by atoms with Gasteiger partial charge in [-0.25, -0.2) is 9.97 Å². The van der Waals surface area contributed by atoms with Crippen molar-refractivity contribution in [1.29, 1.82) is 0 Å². The molecule has 6 nitrogen and oxygen atoms in total. The molecule has 0 saturated heterocycles. The summed E-state index contributed by atoms with van der Waals surface area (Å²) >= 11 is 5.78. The van der Waals surface area contributed by atoms with Gasteiger partial charge in [0.05, 0.1) is 11.7 Å². The molecule has 0 amide bonds. The molecule has 0 aliphatic rings. The second-order valence-electron chi connectivity index (χ2n) is 3.31. The van der Waals surface area contributed by atoms with Crippen molar-refractivity contribution in [2.45, 2.75) is 13.0 Å². The first kappa shape index (κ1) is 10.7. The van der Waals surface area contributed by atoms with Crippen molar-refractivity contribution in [3.05, 3.63) is 29.4 Å². The first-order chi connectivity index (χ1) is 7.66. The van der Waals surface area contributed by atoms with Gasteiger partial charge in [-0.05, 0) is 19.1 Å². The van der Waals surface area contributed by atoms with Gasteiger partial charge in [0.25, 0.3) is 0 Å². The first-order valence-electron chi connectivity index (χ1n) is 4.70. The Labute approximate surface area is 97.2 Å². The molecule has 2 aromatic heterocycles. The van der Waals surface area contributed by atoms with E-state index in [1.807, 2.05) is 6.92 Å². The Morgan fingerprint density at radius 3 is 3.00 bits per heavy atom. The smallest absolute Gasteiger partial charge is 0.151 e. The topological polar surface area (TPSA) is 92.5 Å². The van der Waals surface area contributed by atoms with Gasteiger partial charge in [-0.2, -0.15) is 5.10 Å². The zero-order valence-electron chi connectivity index (χ0n) is 8.61. The number of halogens is 1. The zero-order chi connectivity index (χ0) is 11.5. The van der Waals surface area contributed by atoms with Crippen LogP contribution in [0.5, 0.6) is 0 Å². The summed E-state index contributed by atoms with van der Waals surface area (Å²) in [5, 5.41) is 10.0. The van der Waals surface area contributed by atoms with Gasteiger partial charge in [0.1, 0.15) is 17.3 Å². The lowest BCUT2D eigenvalue weighted by atomic mass is 10.3. The van der Waals surface area contributed by atoms with Crippen molar-refractivity contribution < 1.29 is 0 Å². The van der Waals surface area contributed by atoms with E-state index >= 15 is 0 Å². The minimum Gasteiger partial charge on any atom is -0.396 e. The summed E-state index contributed by atoms with van der Waals surface area (Å²) in [7, 11) is 0. The van der Waals surface area contributed by atoms with E-state index in [-0.39, 0.29) is 6.04 Å². The van der Waals surface area contributed by atoms with Gasteiger partial charge in [0.2, 0.25) is 0 Å². The van der Waals surface area contributed by atoms with Gasteiger partial charge >= 0.3 is 0 Å². The maximum Gasteiger partial charge on any atom is 0.151 e. The summed E-state index contributed by atoms with van der Waals surface area (Å²) in [6, 6.07) is 3.27. The fraction of sp³-hybridized carbons (Fsp3) is 0.222. The quantitative estimate of drug-likeness (QED) is 0.707. The third-order valence-electron chi connectivity index (χ3n) is 2.09. The minimum absolute atomic E-state index is 0.0734. The van der Waals surface area contributed by atoms with E-state index in [0.717, 1.165) is 0 Å². The molecule has 1 atom stereocenters. The second-order valence-corrected chi connectivity index (χ2v) is 3.70. The Balaban J connectivity index is 2.17. The molecule has 2 heterocycles. The predicted molar refractivity (Wildman–Crippen MR) is 62.1 cm³/mol. The van der Waals surface area contributed by atoms with E-state index in [0.29, 0.717) is 22.5 Å². The number of rotatable bonds is 3. The van der Waals surface area contributed by atoms with Crippen molar-refractivity contribution >= 4 is 23.1 Å². The highest BCUT2D eigenvalue weighted by Crippen LogP contribution is 2.22. The Kier molecular flexibility index (Phi) is 2.91. The van der Waals surface area contributed by atoms with Gasteiger partial charge in [-0.1, -0.05) is 11.6 Å². The molecule has 2 rings (SSSR count). The second kappa shape index (κ2) is 4.36. The Bertz CT molecular complexity index is 469. The number of aromatic nitrogens is 4.